The topological polar surface area (TPSA) is 80.4 Å². The quantitative estimate of drug-likeness (QED) is 0.843. The molecule has 2 rings (SSSR count). The Hall–Kier alpha value is -1.63. The van der Waals surface area contributed by atoms with E-state index in [9.17, 15) is 0 Å². The summed E-state index contributed by atoms with van der Waals surface area (Å²) in [4.78, 5) is 17.1. The highest BCUT2D eigenvalue weighted by molar-refractivity contribution is 5.35. The molecule has 1 unspecified atom stereocenters. The molecule has 7 nitrogen and oxygen atoms in total. The molecule has 0 aromatic carbocycles. The number of rotatable bonds is 6. The fourth-order valence-corrected chi connectivity index (χ4v) is 2.71. The number of nitrogens with two attached hydrogens (primary N) is 1. The lowest BCUT2D eigenvalue weighted by Gasteiger charge is -2.27. The van der Waals surface area contributed by atoms with Crippen molar-refractivity contribution in [2.75, 3.05) is 37.3 Å². The maximum atomic E-state index is 5.76. The van der Waals surface area contributed by atoms with Crippen LogP contribution in [0.5, 0.6) is 6.01 Å². The summed E-state index contributed by atoms with van der Waals surface area (Å²) in [6.07, 6.45) is 2.48. The Labute approximate surface area is 126 Å². The average molecular weight is 294 g/mol. The fourth-order valence-electron chi connectivity index (χ4n) is 2.71. The van der Waals surface area contributed by atoms with Crippen LogP contribution in [-0.2, 0) is 0 Å². The van der Waals surface area contributed by atoms with E-state index in [0.717, 1.165) is 13.1 Å². The number of likely N-dealkylation sites (tertiary alicyclic amines) is 1. The molecule has 118 valence electrons. The Morgan fingerprint density at radius 1 is 1.38 bits per heavy atom. The van der Waals surface area contributed by atoms with Gasteiger partial charge in [0.05, 0.1) is 6.10 Å². The summed E-state index contributed by atoms with van der Waals surface area (Å²) in [5.41, 5.74) is 5.76. The zero-order chi connectivity index (χ0) is 15.4. The molecule has 0 radical (unpaired) electrons. The predicted octanol–water partition coefficient (Wildman–Crippen LogP) is 1.16. The van der Waals surface area contributed by atoms with E-state index in [1.807, 2.05) is 25.8 Å². The molecule has 0 saturated carbocycles. The Kier molecular flexibility index (Phi) is 5.17. The molecule has 1 aliphatic heterocycles. The molecule has 1 aromatic rings. The molecule has 0 spiro atoms. The lowest BCUT2D eigenvalue weighted by atomic mass is 10.2. The highest BCUT2D eigenvalue weighted by Crippen LogP contribution is 2.20. The van der Waals surface area contributed by atoms with Crippen LogP contribution in [0.3, 0.4) is 0 Å². The average Bonchev–Trinajstić information content (AvgIpc) is 2.84. The van der Waals surface area contributed by atoms with Crippen LogP contribution in [0, 0.1) is 0 Å². The molecular weight excluding hydrogens is 268 g/mol. The number of hydrogen-bond acceptors (Lipinski definition) is 7. The van der Waals surface area contributed by atoms with Crippen molar-refractivity contribution in [3.05, 3.63) is 0 Å². The van der Waals surface area contributed by atoms with Crippen LogP contribution < -0.4 is 15.4 Å². The molecule has 0 amide bonds. The largest absolute Gasteiger partial charge is 0.461 e. The minimum Gasteiger partial charge on any atom is -0.461 e. The van der Waals surface area contributed by atoms with Crippen LogP contribution in [0.1, 0.15) is 33.6 Å². The molecule has 1 fully saturated rings. The van der Waals surface area contributed by atoms with Gasteiger partial charge in [-0.2, -0.15) is 15.0 Å². The molecule has 1 aromatic heterocycles. The molecule has 21 heavy (non-hydrogen) atoms. The molecule has 7 heteroatoms. The SMILES string of the molecule is CCN1CCCC1CN(C)c1nc(N)nc(OC(C)C)n1. The van der Waals surface area contributed by atoms with Gasteiger partial charge in [0.25, 0.3) is 0 Å². The highest BCUT2D eigenvalue weighted by Gasteiger charge is 2.25. The number of ether oxygens (including phenoxy) is 1. The van der Waals surface area contributed by atoms with Crippen LogP contribution in [0.25, 0.3) is 0 Å². The van der Waals surface area contributed by atoms with Crippen molar-refractivity contribution in [2.24, 2.45) is 0 Å². The number of likely N-dealkylation sites (N-methyl/N-ethyl adjacent to an activating group) is 2. The summed E-state index contributed by atoms with van der Waals surface area (Å²) >= 11 is 0. The van der Waals surface area contributed by atoms with Gasteiger partial charge in [0.2, 0.25) is 11.9 Å². The van der Waals surface area contributed by atoms with E-state index < -0.39 is 0 Å². The van der Waals surface area contributed by atoms with Crippen LogP contribution in [0.2, 0.25) is 0 Å². The van der Waals surface area contributed by atoms with Gasteiger partial charge >= 0.3 is 6.01 Å². The third kappa shape index (κ3) is 4.17. The molecule has 1 saturated heterocycles. The van der Waals surface area contributed by atoms with Crippen molar-refractivity contribution >= 4 is 11.9 Å². The van der Waals surface area contributed by atoms with Crippen LogP contribution in [-0.4, -0.2) is 58.7 Å². The normalized spacial score (nSPS) is 19.2. The standard InChI is InChI=1S/C14H26N6O/c1-5-20-8-6-7-11(20)9-19(4)13-16-12(15)17-14(18-13)21-10(2)3/h10-11H,5-9H2,1-4H3,(H2,15,16,17,18). The Bertz CT molecular complexity index is 467. The molecule has 0 bridgehead atoms. The van der Waals surface area contributed by atoms with Gasteiger partial charge in [0, 0.05) is 19.6 Å². The summed E-state index contributed by atoms with van der Waals surface area (Å²) in [7, 11) is 1.99. The second kappa shape index (κ2) is 6.89. The number of anilines is 2. The molecule has 2 heterocycles. The maximum Gasteiger partial charge on any atom is 0.323 e. The second-order valence-electron chi connectivity index (χ2n) is 5.75. The van der Waals surface area contributed by atoms with Crippen molar-refractivity contribution in [3.8, 4) is 6.01 Å². The first-order valence-corrected chi connectivity index (χ1v) is 7.63. The molecule has 1 atom stereocenters. The van der Waals surface area contributed by atoms with Crippen molar-refractivity contribution in [1.82, 2.24) is 19.9 Å². The first-order valence-electron chi connectivity index (χ1n) is 7.63. The van der Waals surface area contributed by atoms with Crippen molar-refractivity contribution in [3.63, 3.8) is 0 Å². The van der Waals surface area contributed by atoms with Gasteiger partial charge in [-0.05, 0) is 39.8 Å². The van der Waals surface area contributed by atoms with Crippen molar-refractivity contribution < 1.29 is 4.74 Å². The van der Waals surface area contributed by atoms with E-state index in [4.69, 9.17) is 10.5 Å². The Balaban J connectivity index is 2.07. The lowest BCUT2D eigenvalue weighted by molar-refractivity contribution is 0.222. The van der Waals surface area contributed by atoms with Crippen LogP contribution in [0.15, 0.2) is 0 Å². The monoisotopic (exact) mass is 294 g/mol. The van der Waals surface area contributed by atoms with Gasteiger partial charge in [-0.1, -0.05) is 6.92 Å². The number of hydrogen-bond donors (Lipinski definition) is 1. The van der Waals surface area contributed by atoms with Gasteiger partial charge in [-0.3, -0.25) is 4.90 Å². The van der Waals surface area contributed by atoms with E-state index >= 15 is 0 Å². The van der Waals surface area contributed by atoms with Gasteiger partial charge in [0.15, 0.2) is 0 Å². The van der Waals surface area contributed by atoms with E-state index in [-0.39, 0.29) is 18.1 Å². The van der Waals surface area contributed by atoms with Crippen molar-refractivity contribution in [2.45, 2.75) is 45.8 Å². The summed E-state index contributed by atoms with van der Waals surface area (Å²) in [5, 5.41) is 0. The second-order valence-corrected chi connectivity index (χ2v) is 5.75. The summed E-state index contributed by atoms with van der Waals surface area (Å²) < 4.78 is 5.52. The highest BCUT2D eigenvalue weighted by atomic mass is 16.5. The van der Waals surface area contributed by atoms with Gasteiger partial charge in [0.1, 0.15) is 0 Å². The predicted molar refractivity (Wildman–Crippen MR) is 83.5 cm³/mol. The summed E-state index contributed by atoms with van der Waals surface area (Å²) in [6, 6.07) is 0.838. The minimum absolute atomic E-state index is 0.00960. The molecular formula is C14H26N6O. The number of nitrogens with zero attached hydrogens (tertiary/aromatic N) is 5. The smallest absolute Gasteiger partial charge is 0.323 e. The van der Waals surface area contributed by atoms with Crippen LogP contribution >= 0.6 is 0 Å². The lowest BCUT2D eigenvalue weighted by Crippen LogP contribution is -2.39. The fraction of sp³-hybridized carbons (Fsp3) is 0.786. The Morgan fingerprint density at radius 3 is 2.81 bits per heavy atom. The molecule has 2 N–H and O–H groups in total. The summed E-state index contributed by atoms with van der Waals surface area (Å²) in [6.45, 7) is 9.21. The van der Waals surface area contributed by atoms with Crippen LogP contribution in [0.4, 0.5) is 11.9 Å². The van der Waals surface area contributed by atoms with E-state index in [1.165, 1.54) is 19.4 Å². The third-order valence-corrected chi connectivity index (χ3v) is 3.69. The van der Waals surface area contributed by atoms with E-state index in [0.29, 0.717) is 12.0 Å². The maximum absolute atomic E-state index is 5.76. The van der Waals surface area contributed by atoms with E-state index in [2.05, 4.69) is 26.8 Å². The minimum atomic E-state index is 0.00960. The van der Waals surface area contributed by atoms with Gasteiger partial charge in [-0.15, -0.1) is 0 Å². The zero-order valence-corrected chi connectivity index (χ0v) is 13.4. The molecule has 1 aliphatic rings. The van der Waals surface area contributed by atoms with Gasteiger partial charge in [-0.25, -0.2) is 0 Å². The van der Waals surface area contributed by atoms with Crippen molar-refractivity contribution in [1.29, 1.82) is 0 Å². The number of nitrogen functional groups attached to an aromatic ring is 1. The zero-order valence-electron chi connectivity index (χ0n) is 13.4. The van der Waals surface area contributed by atoms with E-state index in [1.54, 1.807) is 0 Å². The first-order chi connectivity index (χ1) is 9.99. The summed E-state index contributed by atoms with van der Waals surface area (Å²) in [5.74, 6) is 0.766. The first kappa shape index (κ1) is 15.8. The van der Waals surface area contributed by atoms with Gasteiger partial charge < -0.3 is 15.4 Å². The number of aromatic nitrogens is 3. The third-order valence-electron chi connectivity index (χ3n) is 3.69. The molecule has 0 aliphatic carbocycles. The Morgan fingerprint density at radius 2 is 2.14 bits per heavy atom.